The molecule has 0 unspecified atom stereocenters. The lowest BCUT2D eigenvalue weighted by Gasteiger charge is -2.36. The molecule has 0 amide bonds. The lowest BCUT2D eigenvalue weighted by atomic mass is 10.1. The Balaban J connectivity index is 1.77. The van der Waals surface area contributed by atoms with Crippen LogP contribution in [0.1, 0.15) is 10.4 Å². The van der Waals surface area contributed by atoms with Crippen LogP contribution in [-0.2, 0) is 0 Å². The Bertz CT molecular complexity index is 594. The Morgan fingerprint density at radius 2 is 1.95 bits per heavy atom. The minimum atomic E-state index is -0.336. The standard InChI is InChI=1S/C14H14FN3OS/c15-12-3-1-2-11(10-19)13(12)17-5-7-18(8-6-17)14-16-4-9-20-14/h1-4,9-10H,5-8H2. The number of aromatic nitrogens is 1. The van der Waals surface area contributed by atoms with E-state index in [2.05, 4.69) is 9.88 Å². The maximum Gasteiger partial charge on any atom is 0.185 e. The molecule has 1 aliphatic heterocycles. The van der Waals surface area contributed by atoms with E-state index in [9.17, 15) is 9.18 Å². The zero-order valence-electron chi connectivity index (χ0n) is 10.8. The molecule has 1 fully saturated rings. The van der Waals surface area contributed by atoms with Crippen molar-refractivity contribution in [1.82, 2.24) is 4.98 Å². The molecule has 2 heterocycles. The highest BCUT2D eigenvalue weighted by Crippen LogP contribution is 2.26. The second kappa shape index (κ2) is 5.58. The van der Waals surface area contributed by atoms with Gasteiger partial charge in [0.05, 0.1) is 5.69 Å². The van der Waals surface area contributed by atoms with Crippen molar-refractivity contribution in [3.8, 4) is 0 Å². The van der Waals surface area contributed by atoms with Crippen LogP contribution in [-0.4, -0.2) is 37.4 Å². The maximum absolute atomic E-state index is 14.0. The maximum atomic E-state index is 14.0. The molecular formula is C14H14FN3OS. The van der Waals surface area contributed by atoms with Crippen LogP contribution in [0.25, 0.3) is 0 Å². The molecule has 0 bridgehead atoms. The predicted octanol–water partition coefficient (Wildman–Crippen LogP) is 2.42. The minimum Gasteiger partial charge on any atom is -0.365 e. The SMILES string of the molecule is O=Cc1cccc(F)c1N1CCN(c2nccs2)CC1. The first kappa shape index (κ1) is 13.1. The number of rotatable bonds is 3. The molecule has 0 atom stereocenters. The molecule has 3 rings (SSSR count). The summed E-state index contributed by atoms with van der Waals surface area (Å²) in [5.41, 5.74) is 0.828. The Morgan fingerprint density at radius 1 is 1.20 bits per heavy atom. The van der Waals surface area contributed by atoms with Crippen molar-refractivity contribution in [2.24, 2.45) is 0 Å². The molecule has 0 aliphatic carbocycles. The van der Waals surface area contributed by atoms with E-state index in [4.69, 9.17) is 0 Å². The van der Waals surface area contributed by atoms with E-state index >= 15 is 0 Å². The molecule has 1 aromatic heterocycles. The number of halogens is 1. The highest BCUT2D eigenvalue weighted by molar-refractivity contribution is 7.13. The van der Waals surface area contributed by atoms with Gasteiger partial charge in [-0.05, 0) is 12.1 Å². The quantitative estimate of drug-likeness (QED) is 0.814. The number of benzene rings is 1. The summed E-state index contributed by atoms with van der Waals surface area (Å²) < 4.78 is 14.0. The highest BCUT2D eigenvalue weighted by atomic mass is 32.1. The third-order valence-corrected chi connectivity index (χ3v) is 4.26. The van der Waals surface area contributed by atoms with Gasteiger partial charge in [-0.2, -0.15) is 0 Å². The summed E-state index contributed by atoms with van der Waals surface area (Å²) in [6.45, 7) is 2.92. The van der Waals surface area contributed by atoms with E-state index in [-0.39, 0.29) is 5.82 Å². The van der Waals surface area contributed by atoms with E-state index in [1.807, 2.05) is 10.3 Å². The topological polar surface area (TPSA) is 36.4 Å². The number of carbonyl (C=O) groups excluding carboxylic acids is 1. The average molecular weight is 291 g/mol. The fourth-order valence-corrected chi connectivity index (χ4v) is 3.15. The molecular weight excluding hydrogens is 277 g/mol. The smallest absolute Gasteiger partial charge is 0.185 e. The molecule has 0 radical (unpaired) electrons. The van der Waals surface area contributed by atoms with Crippen molar-refractivity contribution >= 4 is 28.4 Å². The van der Waals surface area contributed by atoms with E-state index in [1.165, 1.54) is 6.07 Å². The minimum absolute atomic E-state index is 0.336. The van der Waals surface area contributed by atoms with Gasteiger partial charge in [0, 0.05) is 43.3 Å². The number of para-hydroxylation sites is 1. The highest BCUT2D eigenvalue weighted by Gasteiger charge is 2.22. The Kier molecular flexibility index (Phi) is 3.64. The molecule has 2 aromatic rings. The number of hydrogen-bond donors (Lipinski definition) is 0. The summed E-state index contributed by atoms with van der Waals surface area (Å²) in [6, 6.07) is 4.61. The molecule has 20 heavy (non-hydrogen) atoms. The fraction of sp³-hybridized carbons (Fsp3) is 0.286. The summed E-state index contributed by atoms with van der Waals surface area (Å²) >= 11 is 1.60. The van der Waals surface area contributed by atoms with Crippen molar-refractivity contribution in [2.45, 2.75) is 0 Å². The third kappa shape index (κ3) is 2.38. The second-order valence-corrected chi connectivity index (χ2v) is 5.46. The van der Waals surface area contributed by atoms with Crippen molar-refractivity contribution < 1.29 is 9.18 Å². The summed E-state index contributed by atoms with van der Waals surface area (Å²) in [7, 11) is 0. The molecule has 6 heteroatoms. The molecule has 0 saturated carbocycles. The van der Waals surface area contributed by atoms with Gasteiger partial charge in [0.25, 0.3) is 0 Å². The van der Waals surface area contributed by atoms with E-state index < -0.39 is 0 Å². The largest absolute Gasteiger partial charge is 0.365 e. The van der Waals surface area contributed by atoms with E-state index in [0.717, 1.165) is 18.2 Å². The van der Waals surface area contributed by atoms with Crippen LogP contribution in [0.15, 0.2) is 29.8 Å². The predicted molar refractivity (Wildman–Crippen MR) is 78.3 cm³/mol. The van der Waals surface area contributed by atoms with Gasteiger partial charge < -0.3 is 9.80 Å². The van der Waals surface area contributed by atoms with Crippen molar-refractivity contribution in [3.63, 3.8) is 0 Å². The summed E-state index contributed by atoms with van der Waals surface area (Å²) in [5.74, 6) is -0.336. The number of hydrogen-bond acceptors (Lipinski definition) is 5. The Labute approximate surface area is 120 Å². The second-order valence-electron chi connectivity index (χ2n) is 4.58. The molecule has 1 aliphatic rings. The van der Waals surface area contributed by atoms with Crippen molar-refractivity contribution in [2.75, 3.05) is 36.0 Å². The summed E-state index contributed by atoms with van der Waals surface area (Å²) in [4.78, 5) is 19.5. The van der Waals surface area contributed by atoms with Gasteiger partial charge in [-0.25, -0.2) is 9.37 Å². The molecule has 1 saturated heterocycles. The molecule has 1 aromatic carbocycles. The van der Waals surface area contributed by atoms with Crippen LogP contribution in [0.4, 0.5) is 15.2 Å². The molecule has 0 N–H and O–H groups in total. The Morgan fingerprint density at radius 3 is 2.60 bits per heavy atom. The average Bonchev–Trinajstić information content (AvgIpc) is 3.01. The normalized spacial score (nSPS) is 15.4. The zero-order chi connectivity index (χ0) is 13.9. The number of nitrogens with zero attached hydrogens (tertiary/aromatic N) is 3. The summed E-state index contributed by atoms with van der Waals surface area (Å²) in [5, 5.41) is 2.94. The van der Waals surface area contributed by atoms with Gasteiger partial charge in [0.1, 0.15) is 5.82 Å². The summed E-state index contributed by atoms with van der Waals surface area (Å²) in [6.07, 6.45) is 2.50. The van der Waals surface area contributed by atoms with Crippen LogP contribution in [0.3, 0.4) is 0 Å². The lowest BCUT2D eigenvalue weighted by Crippen LogP contribution is -2.47. The molecule has 0 spiro atoms. The van der Waals surface area contributed by atoms with Gasteiger partial charge in [0.15, 0.2) is 11.4 Å². The van der Waals surface area contributed by atoms with E-state index in [1.54, 1.807) is 29.7 Å². The van der Waals surface area contributed by atoms with Gasteiger partial charge in [-0.15, -0.1) is 11.3 Å². The fourth-order valence-electron chi connectivity index (χ4n) is 2.45. The monoisotopic (exact) mass is 291 g/mol. The Hall–Kier alpha value is -1.95. The van der Waals surface area contributed by atoms with Crippen LogP contribution in [0, 0.1) is 5.82 Å². The third-order valence-electron chi connectivity index (χ3n) is 3.43. The van der Waals surface area contributed by atoms with Crippen molar-refractivity contribution in [1.29, 1.82) is 0 Å². The van der Waals surface area contributed by atoms with Crippen LogP contribution < -0.4 is 9.80 Å². The molecule has 104 valence electrons. The first-order chi connectivity index (χ1) is 9.79. The van der Waals surface area contributed by atoms with E-state index in [0.29, 0.717) is 30.6 Å². The molecule has 4 nitrogen and oxygen atoms in total. The van der Waals surface area contributed by atoms with Gasteiger partial charge in [-0.1, -0.05) is 6.07 Å². The number of piperazine rings is 1. The number of carbonyl (C=O) groups is 1. The van der Waals surface area contributed by atoms with Gasteiger partial charge in [-0.3, -0.25) is 4.79 Å². The number of aldehydes is 1. The lowest BCUT2D eigenvalue weighted by molar-refractivity contribution is 0.112. The number of thiazole rings is 1. The van der Waals surface area contributed by atoms with Gasteiger partial charge >= 0.3 is 0 Å². The van der Waals surface area contributed by atoms with Crippen LogP contribution in [0.2, 0.25) is 0 Å². The van der Waals surface area contributed by atoms with Crippen LogP contribution >= 0.6 is 11.3 Å². The zero-order valence-corrected chi connectivity index (χ0v) is 11.6. The first-order valence-corrected chi connectivity index (χ1v) is 7.30. The van der Waals surface area contributed by atoms with Gasteiger partial charge in [0.2, 0.25) is 0 Å². The van der Waals surface area contributed by atoms with Crippen molar-refractivity contribution in [3.05, 3.63) is 41.2 Å². The van der Waals surface area contributed by atoms with Crippen LogP contribution in [0.5, 0.6) is 0 Å². The number of anilines is 2. The first-order valence-electron chi connectivity index (χ1n) is 6.42.